The Kier molecular flexibility index (Phi) is 13.1. The van der Waals surface area contributed by atoms with E-state index in [1.807, 2.05) is 0 Å². The van der Waals surface area contributed by atoms with Crippen LogP contribution in [0, 0.1) is 0 Å². The Balaban J connectivity index is -0.000000105. The van der Waals surface area contributed by atoms with Crippen molar-refractivity contribution in [2.45, 2.75) is 19.1 Å². The Morgan fingerprint density at radius 3 is 1.13 bits per heavy atom. The first-order valence-electron chi connectivity index (χ1n) is 3.21. The van der Waals surface area contributed by atoms with Gasteiger partial charge in [-0.3, -0.25) is 4.79 Å². The van der Waals surface area contributed by atoms with Crippen molar-refractivity contribution in [2.75, 3.05) is 0 Å². The largest absolute Gasteiger partial charge is 1.00 e. The Morgan fingerprint density at radius 1 is 0.933 bits per heavy atom. The second-order valence-corrected chi connectivity index (χ2v) is 2.09. The summed E-state index contributed by atoms with van der Waals surface area (Å²) >= 11 is 0. The maximum absolute atomic E-state index is 9.77. The fourth-order valence-electron chi connectivity index (χ4n) is 0.270. The predicted octanol–water partition coefficient (Wildman–Crippen LogP) is -4.92. The summed E-state index contributed by atoms with van der Waals surface area (Å²) in [7, 11) is 0. The second-order valence-electron chi connectivity index (χ2n) is 2.09. The Bertz CT molecular complexity index is 211. The predicted molar refractivity (Wildman–Crippen MR) is 41.7 cm³/mol. The summed E-state index contributed by atoms with van der Waals surface area (Å²) in [5.41, 5.74) is 0. The maximum Gasteiger partial charge on any atom is 1.00 e. The fourth-order valence-corrected chi connectivity index (χ4v) is 0.270. The van der Waals surface area contributed by atoms with Crippen molar-refractivity contribution in [1.29, 1.82) is 0 Å². The van der Waals surface area contributed by atoms with E-state index in [2.05, 4.69) is 0 Å². The van der Waals surface area contributed by atoms with Crippen LogP contribution < -0.4 is 29.6 Å². The minimum Gasteiger partial charge on any atom is -1.00 e. The number of carboxylic acids is 3. The Hall–Kier alpha value is -0.670. The summed E-state index contributed by atoms with van der Waals surface area (Å²) in [5, 5.41) is 39.9. The zero-order chi connectivity index (χ0) is 11.9. The average molecular weight is 234 g/mol. The zero-order valence-electron chi connectivity index (χ0n) is 9.12. The zero-order valence-corrected chi connectivity index (χ0v) is 10.1. The van der Waals surface area contributed by atoms with Gasteiger partial charge in [0.15, 0.2) is 12.2 Å². The molecule has 2 atom stereocenters. The van der Waals surface area contributed by atoms with Crippen molar-refractivity contribution in [3.63, 3.8) is 0 Å². The standard InChI is InChI=1S/C4H6O6.C2H4O2.Na.H/c5-1(3(7)8)2(6)4(9)10;1-2(3)4;;/h1-2,5-6H,(H,7,8)(H,9,10);1H3,(H,3,4);;/q;;+1;-1. The summed E-state index contributed by atoms with van der Waals surface area (Å²) in [5.74, 6) is -4.37. The summed E-state index contributed by atoms with van der Waals surface area (Å²) < 4.78 is 0. The van der Waals surface area contributed by atoms with Crippen LogP contribution in [-0.4, -0.2) is 55.6 Å². The summed E-state index contributed by atoms with van der Waals surface area (Å²) in [6, 6.07) is 0. The van der Waals surface area contributed by atoms with E-state index in [4.69, 9.17) is 30.3 Å². The van der Waals surface area contributed by atoms with Gasteiger partial charge in [0.1, 0.15) is 0 Å². The molecule has 0 aliphatic heterocycles. The molecule has 0 amide bonds. The van der Waals surface area contributed by atoms with Crippen LogP contribution in [0.5, 0.6) is 0 Å². The first-order chi connectivity index (χ1) is 6.20. The summed E-state index contributed by atoms with van der Waals surface area (Å²) in [4.78, 5) is 28.5. The van der Waals surface area contributed by atoms with E-state index >= 15 is 0 Å². The average Bonchev–Trinajstić information content (AvgIpc) is 2.00. The smallest absolute Gasteiger partial charge is 1.00 e. The first-order valence-corrected chi connectivity index (χ1v) is 3.21. The van der Waals surface area contributed by atoms with E-state index in [1.54, 1.807) is 0 Å². The third-order valence-corrected chi connectivity index (χ3v) is 0.805. The molecule has 0 saturated carbocycles. The molecule has 0 aliphatic rings. The molecule has 0 heterocycles. The number of aliphatic carboxylic acids is 3. The third-order valence-electron chi connectivity index (χ3n) is 0.805. The van der Waals surface area contributed by atoms with Gasteiger partial charge < -0.3 is 27.0 Å². The minimum absolute atomic E-state index is 0. The molecule has 0 aliphatic carbocycles. The van der Waals surface area contributed by atoms with E-state index in [9.17, 15) is 9.59 Å². The number of aliphatic hydroxyl groups is 2. The maximum atomic E-state index is 9.77. The van der Waals surface area contributed by atoms with Gasteiger partial charge in [-0.2, -0.15) is 0 Å². The van der Waals surface area contributed by atoms with Gasteiger partial charge in [0.25, 0.3) is 5.97 Å². The number of rotatable bonds is 3. The van der Waals surface area contributed by atoms with E-state index in [0.29, 0.717) is 0 Å². The number of carboxylic acid groups (broad SMARTS) is 3. The van der Waals surface area contributed by atoms with Crippen LogP contribution in [0.15, 0.2) is 0 Å². The number of hydrogen-bond acceptors (Lipinski definition) is 5. The van der Waals surface area contributed by atoms with Gasteiger partial charge in [-0.1, -0.05) is 0 Å². The van der Waals surface area contributed by atoms with Crippen LogP contribution in [0.25, 0.3) is 0 Å². The van der Waals surface area contributed by atoms with E-state index in [-0.39, 0.29) is 31.0 Å². The molecular weight excluding hydrogens is 223 g/mol. The molecule has 0 aromatic rings. The van der Waals surface area contributed by atoms with Crippen LogP contribution in [0.1, 0.15) is 8.35 Å². The van der Waals surface area contributed by atoms with Gasteiger partial charge in [-0.05, 0) is 0 Å². The van der Waals surface area contributed by atoms with Crippen LogP contribution >= 0.6 is 0 Å². The molecule has 5 N–H and O–H groups in total. The van der Waals surface area contributed by atoms with E-state index < -0.39 is 30.1 Å². The molecule has 0 aromatic carbocycles. The summed E-state index contributed by atoms with van der Waals surface area (Å²) in [6.45, 7) is 1.08. The Labute approximate surface area is 108 Å². The van der Waals surface area contributed by atoms with Gasteiger partial charge in [0, 0.05) is 6.92 Å². The number of hydrogen-bond donors (Lipinski definition) is 5. The molecule has 8 nitrogen and oxygen atoms in total. The SMILES string of the molecule is CC(=O)O.O=C(O)C(O)C(O)C(=O)O.[H-].[Na+]. The molecule has 0 rings (SSSR count). The van der Waals surface area contributed by atoms with Crippen molar-refractivity contribution in [2.24, 2.45) is 0 Å². The van der Waals surface area contributed by atoms with Crippen LogP contribution in [0.2, 0.25) is 0 Å². The van der Waals surface area contributed by atoms with Crippen molar-refractivity contribution >= 4 is 17.9 Å². The van der Waals surface area contributed by atoms with Crippen molar-refractivity contribution in [3.8, 4) is 0 Å². The van der Waals surface area contributed by atoms with Gasteiger partial charge in [-0.15, -0.1) is 0 Å². The molecule has 0 saturated heterocycles. The van der Waals surface area contributed by atoms with Crippen LogP contribution in [0.4, 0.5) is 0 Å². The molecule has 0 radical (unpaired) electrons. The third kappa shape index (κ3) is 13.3. The fraction of sp³-hybridized carbons (Fsp3) is 0.500. The van der Waals surface area contributed by atoms with Gasteiger partial charge in [0.2, 0.25) is 0 Å². The van der Waals surface area contributed by atoms with Gasteiger partial charge >= 0.3 is 41.5 Å². The second kappa shape index (κ2) is 9.87. The van der Waals surface area contributed by atoms with Crippen molar-refractivity contribution < 1.29 is 70.9 Å². The van der Waals surface area contributed by atoms with Gasteiger partial charge in [0.05, 0.1) is 0 Å². The minimum atomic E-state index is -2.27. The topological polar surface area (TPSA) is 152 Å². The molecule has 0 bridgehead atoms. The van der Waals surface area contributed by atoms with Crippen molar-refractivity contribution in [3.05, 3.63) is 0 Å². The molecule has 9 heteroatoms. The monoisotopic (exact) mass is 234 g/mol. The molecule has 0 spiro atoms. The van der Waals surface area contributed by atoms with E-state index in [1.165, 1.54) is 0 Å². The first kappa shape index (κ1) is 19.8. The molecule has 0 aromatic heterocycles. The molecule has 2 unspecified atom stereocenters. The van der Waals surface area contributed by atoms with Crippen LogP contribution in [0.3, 0.4) is 0 Å². The van der Waals surface area contributed by atoms with Crippen LogP contribution in [-0.2, 0) is 14.4 Å². The van der Waals surface area contributed by atoms with Gasteiger partial charge in [-0.25, -0.2) is 9.59 Å². The number of aliphatic hydroxyl groups excluding tert-OH is 2. The Morgan fingerprint density at radius 2 is 1.07 bits per heavy atom. The molecule has 0 fully saturated rings. The van der Waals surface area contributed by atoms with Crippen molar-refractivity contribution in [1.82, 2.24) is 0 Å². The summed E-state index contributed by atoms with van der Waals surface area (Å²) in [6.07, 6.45) is -4.53. The van der Waals surface area contributed by atoms with E-state index in [0.717, 1.165) is 6.92 Å². The molecule has 15 heavy (non-hydrogen) atoms. The quantitative estimate of drug-likeness (QED) is 0.304. The molecule has 84 valence electrons. The normalized spacial score (nSPS) is 12.2. The molecular formula is C6H11NaO8. The number of carbonyl (C=O) groups is 3.